The van der Waals surface area contributed by atoms with Gasteiger partial charge in [0.25, 0.3) is 0 Å². The molecule has 4 rings (SSSR count). The molecule has 0 radical (unpaired) electrons. The van der Waals surface area contributed by atoms with E-state index < -0.39 is 5.63 Å². The molecule has 0 bridgehead atoms. The number of nitrogens with zero attached hydrogens (tertiary/aromatic N) is 1. The average molecular weight is 381 g/mol. The predicted molar refractivity (Wildman–Crippen MR) is 107 cm³/mol. The van der Waals surface area contributed by atoms with Gasteiger partial charge in [0, 0.05) is 25.0 Å². The molecule has 0 aliphatic carbocycles. The molecule has 2 heterocycles. The number of morpholine rings is 1. The van der Waals surface area contributed by atoms with Crippen molar-refractivity contribution in [3.63, 3.8) is 0 Å². The van der Waals surface area contributed by atoms with Crippen molar-refractivity contribution in [3.05, 3.63) is 57.9 Å². The van der Waals surface area contributed by atoms with Gasteiger partial charge in [-0.2, -0.15) is 0 Å². The van der Waals surface area contributed by atoms with Crippen molar-refractivity contribution in [2.75, 3.05) is 33.4 Å². The molecule has 0 spiro atoms. The summed E-state index contributed by atoms with van der Waals surface area (Å²) in [5.41, 5.74) is 2.81. The molecule has 1 saturated heterocycles. The number of phenolic OH excluding ortho intramolecular Hbond substituents is 1. The van der Waals surface area contributed by atoms with Crippen LogP contribution < -0.4 is 10.4 Å². The van der Waals surface area contributed by atoms with Crippen molar-refractivity contribution in [3.8, 4) is 22.6 Å². The largest absolute Gasteiger partial charge is 0.507 e. The topological polar surface area (TPSA) is 72.1 Å². The van der Waals surface area contributed by atoms with Crippen LogP contribution in [0.2, 0.25) is 0 Å². The maximum absolute atomic E-state index is 12.9. The molecular weight excluding hydrogens is 358 g/mol. The first kappa shape index (κ1) is 18.5. The Kier molecular flexibility index (Phi) is 5.07. The second kappa shape index (κ2) is 7.66. The van der Waals surface area contributed by atoms with Crippen LogP contribution >= 0.6 is 0 Å². The Morgan fingerprint density at radius 3 is 2.50 bits per heavy atom. The third-order valence-electron chi connectivity index (χ3n) is 5.28. The molecule has 1 aromatic heterocycles. The van der Waals surface area contributed by atoms with Gasteiger partial charge in [-0.1, -0.05) is 12.1 Å². The Morgan fingerprint density at radius 2 is 1.82 bits per heavy atom. The van der Waals surface area contributed by atoms with E-state index in [1.807, 2.05) is 31.2 Å². The van der Waals surface area contributed by atoms with Gasteiger partial charge in [0.1, 0.15) is 17.1 Å². The van der Waals surface area contributed by atoms with Crippen LogP contribution in [0.1, 0.15) is 11.1 Å². The molecule has 1 aliphatic rings. The van der Waals surface area contributed by atoms with E-state index >= 15 is 0 Å². The van der Waals surface area contributed by atoms with Crippen LogP contribution in [0.3, 0.4) is 0 Å². The van der Waals surface area contributed by atoms with Gasteiger partial charge in [0.2, 0.25) is 0 Å². The molecule has 0 unspecified atom stereocenters. The lowest BCUT2D eigenvalue weighted by Gasteiger charge is -2.27. The molecule has 6 nitrogen and oxygen atoms in total. The lowest BCUT2D eigenvalue weighted by molar-refractivity contribution is 0.0339. The minimum atomic E-state index is -0.413. The molecule has 0 amide bonds. The number of fused-ring (bicyclic) bond motifs is 1. The highest BCUT2D eigenvalue weighted by Gasteiger charge is 2.20. The van der Waals surface area contributed by atoms with Crippen molar-refractivity contribution in [1.82, 2.24) is 4.90 Å². The number of methoxy groups -OCH3 is 1. The number of aryl methyl sites for hydroxylation is 1. The van der Waals surface area contributed by atoms with Gasteiger partial charge in [0.15, 0.2) is 0 Å². The molecule has 0 saturated carbocycles. The van der Waals surface area contributed by atoms with Gasteiger partial charge >= 0.3 is 5.63 Å². The molecule has 1 aliphatic heterocycles. The van der Waals surface area contributed by atoms with Crippen molar-refractivity contribution >= 4 is 11.0 Å². The molecule has 3 aromatic rings. The Morgan fingerprint density at radius 1 is 1.11 bits per heavy atom. The first-order valence-electron chi connectivity index (χ1n) is 9.31. The monoisotopic (exact) mass is 381 g/mol. The van der Waals surface area contributed by atoms with Crippen LogP contribution in [-0.4, -0.2) is 43.4 Å². The van der Waals surface area contributed by atoms with Crippen LogP contribution in [0.5, 0.6) is 11.5 Å². The van der Waals surface area contributed by atoms with E-state index in [1.165, 1.54) is 0 Å². The summed E-state index contributed by atoms with van der Waals surface area (Å²) in [5.74, 6) is 0.864. The average Bonchev–Trinajstić information content (AvgIpc) is 2.71. The second-order valence-electron chi connectivity index (χ2n) is 6.95. The van der Waals surface area contributed by atoms with Crippen molar-refractivity contribution in [2.24, 2.45) is 0 Å². The normalized spacial score (nSPS) is 15.1. The van der Waals surface area contributed by atoms with Crippen molar-refractivity contribution < 1.29 is 19.0 Å². The van der Waals surface area contributed by atoms with Crippen LogP contribution in [0.4, 0.5) is 0 Å². The zero-order valence-electron chi connectivity index (χ0n) is 16.0. The first-order chi connectivity index (χ1) is 13.6. The van der Waals surface area contributed by atoms with Gasteiger partial charge in [-0.05, 0) is 42.3 Å². The molecule has 2 aromatic carbocycles. The number of phenols is 1. The minimum Gasteiger partial charge on any atom is -0.507 e. The molecule has 0 atom stereocenters. The number of benzene rings is 2. The predicted octanol–water partition coefficient (Wildman–Crippen LogP) is 3.31. The van der Waals surface area contributed by atoms with Gasteiger partial charge < -0.3 is 19.0 Å². The molecule has 28 heavy (non-hydrogen) atoms. The quantitative estimate of drug-likeness (QED) is 0.699. The highest BCUT2D eigenvalue weighted by molar-refractivity contribution is 5.89. The first-order valence-corrected chi connectivity index (χ1v) is 9.31. The molecule has 146 valence electrons. The molecule has 6 heteroatoms. The van der Waals surface area contributed by atoms with E-state index in [1.54, 1.807) is 19.2 Å². The van der Waals surface area contributed by atoms with Gasteiger partial charge in [-0.3, -0.25) is 4.90 Å². The fraction of sp³-hybridized carbons (Fsp3) is 0.318. The van der Waals surface area contributed by atoms with Gasteiger partial charge in [-0.15, -0.1) is 0 Å². The third-order valence-corrected chi connectivity index (χ3v) is 5.28. The highest BCUT2D eigenvalue weighted by Crippen LogP contribution is 2.33. The van der Waals surface area contributed by atoms with Crippen molar-refractivity contribution in [2.45, 2.75) is 13.5 Å². The summed E-state index contributed by atoms with van der Waals surface area (Å²) in [6, 6.07) is 10.8. The van der Waals surface area contributed by atoms with Gasteiger partial charge in [0.05, 0.1) is 31.5 Å². The van der Waals surface area contributed by atoms with Crippen molar-refractivity contribution in [1.29, 1.82) is 0 Å². The molecule has 1 N–H and O–H groups in total. The Hall–Kier alpha value is -2.83. The lowest BCUT2D eigenvalue weighted by Crippen LogP contribution is -2.35. The number of ether oxygens (including phenoxy) is 2. The maximum Gasteiger partial charge on any atom is 0.344 e. The summed E-state index contributed by atoms with van der Waals surface area (Å²) < 4.78 is 16.3. The Bertz CT molecular complexity index is 1050. The summed E-state index contributed by atoms with van der Waals surface area (Å²) >= 11 is 0. The van der Waals surface area contributed by atoms with E-state index in [4.69, 9.17) is 13.9 Å². The molecular formula is C22H23NO5. The number of aromatic hydroxyl groups is 1. The summed E-state index contributed by atoms with van der Waals surface area (Å²) in [4.78, 5) is 15.0. The Labute approximate surface area is 162 Å². The highest BCUT2D eigenvalue weighted by atomic mass is 16.5. The summed E-state index contributed by atoms with van der Waals surface area (Å²) in [6.07, 6.45) is 0. The zero-order valence-corrected chi connectivity index (χ0v) is 16.0. The minimum absolute atomic E-state index is 0.138. The Balaban J connectivity index is 1.83. The van der Waals surface area contributed by atoms with E-state index in [9.17, 15) is 9.90 Å². The van der Waals surface area contributed by atoms with Crippen LogP contribution in [0.15, 0.2) is 45.6 Å². The second-order valence-corrected chi connectivity index (χ2v) is 6.95. The third kappa shape index (κ3) is 3.37. The van der Waals surface area contributed by atoms with Crippen LogP contribution in [-0.2, 0) is 11.3 Å². The van der Waals surface area contributed by atoms with E-state index in [0.29, 0.717) is 36.5 Å². The SMILES string of the molecule is COc1ccc(-c2c(C)c3ccc(O)c(CN4CCOCC4)c3oc2=O)cc1. The van der Waals surface area contributed by atoms with E-state index in [0.717, 1.165) is 35.4 Å². The standard InChI is InChI=1S/C22H23NO5/c1-14-17-7-8-19(24)18(13-23-9-11-27-12-10-23)21(17)28-22(25)20(14)15-3-5-16(26-2)6-4-15/h3-8,24H,9-13H2,1-2H3. The maximum atomic E-state index is 12.9. The fourth-order valence-corrected chi connectivity index (χ4v) is 3.69. The van der Waals surface area contributed by atoms with Crippen LogP contribution in [0.25, 0.3) is 22.1 Å². The van der Waals surface area contributed by atoms with Gasteiger partial charge in [-0.25, -0.2) is 4.79 Å². The number of rotatable bonds is 4. The molecule has 1 fully saturated rings. The number of hydrogen-bond donors (Lipinski definition) is 1. The summed E-state index contributed by atoms with van der Waals surface area (Å²) in [6.45, 7) is 5.31. The van der Waals surface area contributed by atoms with Crippen LogP contribution in [0, 0.1) is 6.92 Å². The smallest absolute Gasteiger partial charge is 0.344 e. The lowest BCUT2D eigenvalue weighted by atomic mass is 9.97. The zero-order chi connectivity index (χ0) is 19.7. The number of hydrogen-bond acceptors (Lipinski definition) is 6. The van der Waals surface area contributed by atoms with E-state index in [2.05, 4.69) is 4.90 Å². The summed E-state index contributed by atoms with van der Waals surface area (Å²) in [5, 5.41) is 11.3. The fourth-order valence-electron chi connectivity index (χ4n) is 3.69. The summed E-state index contributed by atoms with van der Waals surface area (Å²) in [7, 11) is 1.60. The van der Waals surface area contributed by atoms with E-state index in [-0.39, 0.29) is 5.75 Å².